The average Bonchev–Trinajstić information content (AvgIpc) is 2.71. The van der Waals surface area contributed by atoms with E-state index in [1.54, 1.807) is 35.9 Å². The fourth-order valence-corrected chi connectivity index (χ4v) is 3.86. The Morgan fingerprint density at radius 3 is 2.72 bits per heavy atom. The molecular formula is C13H13NO3S. The SMILES string of the molecule is COC1S[C@@H]2CC(=O)N2C1C(=O)c1ccccc1. The number of hydrogen-bond donors (Lipinski definition) is 0. The molecular weight excluding hydrogens is 250 g/mol. The molecule has 2 saturated heterocycles. The number of rotatable bonds is 3. The zero-order valence-corrected chi connectivity index (χ0v) is 10.7. The van der Waals surface area contributed by atoms with Crippen molar-refractivity contribution in [1.82, 2.24) is 4.90 Å². The van der Waals surface area contributed by atoms with Gasteiger partial charge in [-0.3, -0.25) is 9.59 Å². The van der Waals surface area contributed by atoms with E-state index < -0.39 is 6.04 Å². The number of hydrogen-bond acceptors (Lipinski definition) is 4. The van der Waals surface area contributed by atoms with Crippen LogP contribution < -0.4 is 0 Å². The van der Waals surface area contributed by atoms with Gasteiger partial charge < -0.3 is 9.64 Å². The molecule has 1 amide bonds. The molecule has 0 spiro atoms. The molecule has 3 rings (SSSR count). The Morgan fingerprint density at radius 2 is 2.11 bits per heavy atom. The molecule has 2 heterocycles. The molecule has 0 bridgehead atoms. The van der Waals surface area contributed by atoms with Crippen LogP contribution in [0.1, 0.15) is 16.8 Å². The van der Waals surface area contributed by atoms with Gasteiger partial charge in [0.05, 0.1) is 11.8 Å². The van der Waals surface area contributed by atoms with Crippen LogP contribution in [0.15, 0.2) is 30.3 Å². The van der Waals surface area contributed by atoms with E-state index in [2.05, 4.69) is 0 Å². The van der Waals surface area contributed by atoms with Crippen LogP contribution in [-0.2, 0) is 9.53 Å². The van der Waals surface area contributed by atoms with E-state index in [0.717, 1.165) is 0 Å². The molecule has 0 saturated carbocycles. The number of ether oxygens (including phenoxy) is 1. The van der Waals surface area contributed by atoms with Gasteiger partial charge in [-0.25, -0.2) is 0 Å². The number of methoxy groups -OCH3 is 1. The lowest BCUT2D eigenvalue weighted by Gasteiger charge is -2.36. The highest BCUT2D eigenvalue weighted by molar-refractivity contribution is 8.00. The van der Waals surface area contributed by atoms with Gasteiger partial charge in [-0.2, -0.15) is 0 Å². The van der Waals surface area contributed by atoms with Gasteiger partial charge in [-0.05, 0) is 0 Å². The maximum Gasteiger partial charge on any atom is 0.227 e. The summed E-state index contributed by atoms with van der Waals surface area (Å²) in [6.07, 6.45) is 0.517. The second kappa shape index (κ2) is 4.40. The van der Waals surface area contributed by atoms with Crippen molar-refractivity contribution in [3.05, 3.63) is 35.9 Å². The number of thioether (sulfide) groups is 1. The first kappa shape index (κ1) is 11.7. The Labute approximate surface area is 109 Å². The van der Waals surface area contributed by atoms with Crippen LogP contribution in [0.3, 0.4) is 0 Å². The minimum atomic E-state index is -0.478. The first-order valence-corrected chi connectivity index (χ1v) is 6.75. The number of nitrogens with zero attached hydrogens (tertiary/aromatic N) is 1. The third-order valence-corrected chi connectivity index (χ3v) is 4.78. The van der Waals surface area contributed by atoms with Crippen LogP contribution in [0.5, 0.6) is 0 Å². The topological polar surface area (TPSA) is 46.6 Å². The van der Waals surface area contributed by atoms with Gasteiger partial charge in [-0.15, -0.1) is 11.8 Å². The molecule has 3 atom stereocenters. The second-order valence-electron chi connectivity index (χ2n) is 4.38. The summed E-state index contributed by atoms with van der Waals surface area (Å²) in [5.74, 6) is 0.00633. The molecule has 5 heteroatoms. The quantitative estimate of drug-likeness (QED) is 0.612. The van der Waals surface area contributed by atoms with Crippen LogP contribution in [0.4, 0.5) is 0 Å². The van der Waals surface area contributed by atoms with Gasteiger partial charge in [0.25, 0.3) is 0 Å². The number of β-lactam (4-membered cyclic amide) rings is 1. The van der Waals surface area contributed by atoms with Crippen molar-refractivity contribution in [1.29, 1.82) is 0 Å². The van der Waals surface area contributed by atoms with Gasteiger partial charge in [0, 0.05) is 12.7 Å². The lowest BCUT2D eigenvalue weighted by Crippen LogP contribution is -2.55. The normalized spacial score (nSPS) is 29.9. The molecule has 18 heavy (non-hydrogen) atoms. The predicted octanol–water partition coefficient (Wildman–Crippen LogP) is 1.52. The van der Waals surface area contributed by atoms with Crippen molar-refractivity contribution < 1.29 is 14.3 Å². The van der Waals surface area contributed by atoms with E-state index in [1.165, 1.54) is 0 Å². The van der Waals surface area contributed by atoms with Crippen molar-refractivity contribution >= 4 is 23.5 Å². The van der Waals surface area contributed by atoms with E-state index in [9.17, 15) is 9.59 Å². The third-order valence-electron chi connectivity index (χ3n) is 3.36. The summed E-state index contributed by atoms with van der Waals surface area (Å²) in [6, 6.07) is 8.59. The molecule has 1 aromatic rings. The second-order valence-corrected chi connectivity index (χ2v) is 5.66. The fraction of sp³-hybridized carbons (Fsp3) is 0.385. The van der Waals surface area contributed by atoms with Crippen molar-refractivity contribution in [2.75, 3.05) is 7.11 Å². The molecule has 4 nitrogen and oxygen atoms in total. The van der Waals surface area contributed by atoms with Crippen LogP contribution in [0.25, 0.3) is 0 Å². The monoisotopic (exact) mass is 263 g/mol. The van der Waals surface area contributed by atoms with E-state index >= 15 is 0 Å². The smallest absolute Gasteiger partial charge is 0.227 e. The van der Waals surface area contributed by atoms with Crippen molar-refractivity contribution in [3.8, 4) is 0 Å². The summed E-state index contributed by atoms with van der Waals surface area (Å²) in [5.41, 5.74) is 0.375. The standard InChI is InChI=1S/C13H13NO3S/c1-17-13-11(14-9(15)7-10(14)18-13)12(16)8-5-3-2-4-6-8/h2-6,10-11,13H,7H2,1H3/t10-,11?,13?/m1/s1. The summed E-state index contributed by atoms with van der Waals surface area (Å²) in [7, 11) is 1.58. The maximum atomic E-state index is 12.5. The molecule has 2 aliphatic rings. The molecule has 1 aromatic carbocycles. The number of fused-ring (bicyclic) bond motifs is 1. The van der Waals surface area contributed by atoms with E-state index in [-0.39, 0.29) is 22.5 Å². The Hall–Kier alpha value is -1.33. The van der Waals surface area contributed by atoms with Crippen molar-refractivity contribution in [2.45, 2.75) is 23.3 Å². The van der Waals surface area contributed by atoms with Gasteiger partial charge in [-0.1, -0.05) is 30.3 Å². The molecule has 0 aliphatic carbocycles. The first-order valence-electron chi connectivity index (χ1n) is 5.81. The Morgan fingerprint density at radius 1 is 1.39 bits per heavy atom. The minimum Gasteiger partial charge on any atom is -0.368 e. The number of carbonyl (C=O) groups is 2. The zero-order chi connectivity index (χ0) is 12.7. The lowest BCUT2D eigenvalue weighted by molar-refractivity contribution is -0.143. The summed E-state index contributed by atoms with van der Waals surface area (Å²) in [6.45, 7) is 0. The summed E-state index contributed by atoms with van der Waals surface area (Å²) in [5, 5.41) is 0.111. The average molecular weight is 263 g/mol. The van der Waals surface area contributed by atoms with Gasteiger partial charge in [0.2, 0.25) is 5.91 Å². The van der Waals surface area contributed by atoms with Crippen LogP contribution in [0, 0.1) is 0 Å². The highest BCUT2D eigenvalue weighted by Gasteiger charge is 2.54. The number of carbonyl (C=O) groups excluding carboxylic acids is 2. The van der Waals surface area contributed by atoms with Gasteiger partial charge in [0.1, 0.15) is 11.5 Å². The molecule has 2 aliphatic heterocycles. The summed E-state index contributed by atoms with van der Waals surface area (Å²) >= 11 is 1.56. The van der Waals surface area contributed by atoms with Crippen LogP contribution in [-0.4, -0.2) is 40.6 Å². The van der Waals surface area contributed by atoms with Crippen LogP contribution >= 0.6 is 11.8 Å². The zero-order valence-electron chi connectivity index (χ0n) is 9.91. The van der Waals surface area contributed by atoms with Crippen molar-refractivity contribution in [3.63, 3.8) is 0 Å². The Bertz CT molecular complexity index is 490. The Kier molecular flexibility index (Phi) is 2.87. The maximum absolute atomic E-state index is 12.5. The number of amides is 1. The molecule has 2 unspecified atom stereocenters. The highest BCUT2D eigenvalue weighted by Crippen LogP contribution is 2.45. The lowest BCUT2D eigenvalue weighted by atomic mass is 10.0. The molecule has 94 valence electrons. The van der Waals surface area contributed by atoms with E-state index in [1.807, 2.05) is 18.2 Å². The molecule has 2 fully saturated rings. The van der Waals surface area contributed by atoms with Gasteiger partial charge >= 0.3 is 0 Å². The number of ketones is 1. The fourth-order valence-electron chi connectivity index (χ4n) is 2.42. The third kappa shape index (κ3) is 1.66. The summed E-state index contributed by atoms with van der Waals surface area (Å²) < 4.78 is 5.34. The number of Topliss-reactive ketones (excluding diaryl/α,β-unsaturated/α-hetero) is 1. The minimum absolute atomic E-state index is 0.0366. The summed E-state index contributed by atoms with van der Waals surface area (Å²) in [4.78, 5) is 25.7. The largest absolute Gasteiger partial charge is 0.368 e. The van der Waals surface area contributed by atoms with Crippen molar-refractivity contribution in [2.24, 2.45) is 0 Å². The molecule has 0 radical (unpaired) electrons. The van der Waals surface area contributed by atoms with E-state index in [0.29, 0.717) is 12.0 Å². The van der Waals surface area contributed by atoms with Gasteiger partial charge in [0.15, 0.2) is 5.78 Å². The van der Waals surface area contributed by atoms with E-state index in [4.69, 9.17) is 4.74 Å². The number of benzene rings is 1. The molecule has 0 N–H and O–H groups in total. The first-order chi connectivity index (χ1) is 8.72. The molecule has 0 aromatic heterocycles. The predicted molar refractivity (Wildman–Crippen MR) is 68.2 cm³/mol. The Balaban J connectivity index is 1.89. The van der Waals surface area contributed by atoms with Crippen LogP contribution in [0.2, 0.25) is 0 Å². The highest BCUT2D eigenvalue weighted by atomic mass is 32.2.